The van der Waals surface area contributed by atoms with Gasteiger partial charge < -0.3 is 19.6 Å². The summed E-state index contributed by atoms with van der Waals surface area (Å²) in [7, 11) is 1.67. The minimum Gasteiger partial charge on any atom is -0.493 e. The second-order valence-corrected chi connectivity index (χ2v) is 6.87. The van der Waals surface area contributed by atoms with Crippen LogP contribution in [0.5, 0.6) is 5.75 Å². The number of carbonyl (C=O) groups excluding carboxylic acids is 2. The van der Waals surface area contributed by atoms with E-state index in [-0.39, 0.29) is 18.2 Å². The Bertz CT molecular complexity index is 724. The van der Waals surface area contributed by atoms with Gasteiger partial charge in [0.05, 0.1) is 23.6 Å². The molecule has 2 saturated heterocycles. The quantitative estimate of drug-likeness (QED) is 0.882. The number of nitrogens with zero attached hydrogens (tertiary/aromatic N) is 2. The lowest BCUT2D eigenvalue weighted by Crippen LogP contribution is -2.57. The number of hydrogen-bond acceptors (Lipinski definition) is 4. The lowest BCUT2D eigenvalue weighted by molar-refractivity contribution is -0.145. The molecule has 1 spiro atoms. The number of carboxylic acids is 1. The zero-order chi connectivity index (χ0) is 18.9. The van der Waals surface area contributed by atoms with Gasteiger partial charge in [-0.3, -0.25) is 14.4 Å². The van der Waals surface area contributed by atoms with E-state index >= 15 is 0 Å². The molecule has 0 aliphatic carbocycles. The zero-order valence-corrected chi connectivity index (χ0v) is 15.1. The summed E-state index contributed by atoms with van der Waals surface area (Å²) in [5, 5.41) is 9.54. The van der Waals surface area contributed by atoms with Crippen molar-refractivity contribution in [3.05, 3.63) is 29.8 Å². The number of likely N-dealkylation sites (tertiary alicyclic amines) is 2. The molecule has 0 bridgehead atoms. The Morgan fingerprint density at radius 3 is 2.54 bits per heavy atom. The van der Waals surface area contributed by atoms with Crippen LogP contribution in [0.4, 0.5) is 0 Å². The van der Waals surface area contributed by atoms with Gasteiger partial charge in [0.1, 0.15) is 5.75 Å². The summed E-state index contributed by atoms with van der Waals surface area (Å²) in [5.74, 6) is -1.37. The number of hydrogen-bond donors (Lipinski definition) is 1. The van der Waals surface area contributed by atoms with Gasteiger partial charge in [0.25, 0.3) is 5.91 Å². The lowest BCUT2D eigenvalue weighted by atomic mass is 9.77. The monoisotopic (exact) mass is 360 g/mol. The van der Waals surface area contributed by atoms with E-state index in [1.165, 1.54) is 0 Å². The molecule has 2 fully saturated rings. The average Bonchev–Trinajstić information content (AvgIpc) is 2.88. The van der Waals surface area contributed by atoms with E-state index in [2.05, 4.69) is 0 Å². The number of para-hydroxylation sites is 1. The van der Waals surface area contributed by atoms with Gasteiger partial charge in [-0.25, -0.2) is 0 Å². The van der Waals surface area contributed by atoms with Crippen LogP contribution in [0.3, 0.4) is 0 Å². The van der Waals surface area contributed by atoms with Crippen LogP contribution in [-0.2, 0) is 9.59 Å². The molecule has 0 aromatic heterocycles. The highest BCUT2D eigenvalue weighted by Gasteiger charge is 2.55. The first-order valence-electron chi connectivity index (χ1n) is 8.91. The molecule has 2 aliphatic heterocycles. The third-order valence-electron chi connectivity index (χ3n) is 5.70. The van der Waals surface area contributed by atoms with Gasteiger partial charge in [0, 0.05) is 26.6 Å². The maximum absolute atomic E-state index is 12.9. The number of piperidine rings is 1. The summed E-state index contributed by atoms with van der Waals surface area (Å²) >= 11 is 0. The normalized spacial score (nSPS) is 21.9. The molecule has 2 aliphatic rings. The summed E-state index contributed by atoms with van der Waals surface area (Å²) in [5.41, 5.74) is -0.185. The van der Waals surface area contributed by atoms with Crippen molar-refractivity contribution < 1.29 is 24.2 Å². The summed E-state index contributed by atoms with van der Waals surface area (Å²) < 4.78 is 5.54. The Balaban J connectivity index is 1.77. The average molecular weight is 360 g/mol. The van der Waals surface area contributed by atoms with Crippen molar-refractivity contribution >= 4 is 17.8 Å². The molecule has 7 heteroatoms. The predicted molar refractivity (Wildman–Crippen MR) is 94.0 cm³/mol. The van der Waals surface area contributed by atoms with Crippen molar-refractivity contribution in [1.29, 1.82) is 0 Å². The number of rotatable bonds is 4. The van der Waals surface area contributed by atoms with Crippen molar-refractivity contribution in [3.8, 4) is 5.75 Å². The molecule has 1 atom stereocenters. The predicted octanol–water partition coefficient (Wildman–Crippen LogP) is 1.62. The fraction of sp³-hybridized carbons (Fsp3) is 0.526. The van der Waals surface area contributed by atoms with Gasteiger partial charge in [0.15, 0.2) is 0 Å². The maximum Gasteiger partial charge on any atom is 0.309 e. The minimum absolute atomic E-state index is 0.0347. The van der Waals surface area contributed by atoms with Crippen LogP contribution < -0.4 is 4.74 Å². The topological polar surface area (TPSA) is 87.1 Å². The van der Waals surface area contributed by atoms with Gasteiger partial charge in [-0.1, -0.05) is 12.1 Å². The molecule has 3 rings (SSSR count). The Kier molecular flexibility index (Phi) is 4.89. The van der Waals surface area contributed by atoms with Crippen LogP contribution in [0.2, 0.25) is 0 Å². The van der Waals surface area contributed by atoms with Crippen LogP contribution in [0.1, 0.15) is 36.5 Å². The van der Waals surface area contributed by atoms with E-state index in [9.17, 15) is 19.5 Å². The van der Waals surface area contributed by atoms with Crippen molar-refractivity contribution in [2.24, 2.45) is 5.92 Å². The highest BCUT2D eigenvalue weighted by Crippen LogP contribution is 2.43. The minimum atomic E-state index is -0.941. The van der Waals surface area contributed by atoms with Gasteiger partial charge in [-0.05, 0) is 31.9 Å². The molecule has 0 radical (unpaired) electrons. The Morgan fingerprint density at radius 2 is 1.92 bits per heavy atom. The smallest absolute Gasteiger partial charge is 0.309 e. The molecule has 1 aromatic carbocycles. The fourth-order valence-corrected chi connectivity index (χ4v) is 4.18. The maximum atomic E-state index is 12.9. The highest BCUT2D eigenvalue weighted by atomic mass is 16.5. The van der Waals surface area contributed by atoms with Crippen LogP contribution in [0.25, 0.3) is 0 Å². The molecule has 1 N–H and O–H groups in total. The van der Waals surface area contributed by atoms with E-state index in [1.54, 1.807) is 35.0 Å². The number of carbonyl (C=O) groups is 3. The van der Waals surface area contributed by atoms with Gasteiger partial charge in [0.2, 0.25) is 5.91 Å². The Morgan fingerprint density at radius 1 is 1.27 bits per heavy atom. The lowest BCUT2D eigenvalue weighted by Gasteiger charge is -2.45. The third kappa shape index (κ3) is 2.91. The van der Waals surface area contributed by atoms with Crippen molar-refractivity contribution in [2.45, 2.75) is 31.7 Å². The number of aliphatic carboxylic acids is 1. The molecule has 2 heterocycles. The summed E-state index contributed by atoms with van der Waals surface area (Å²) in [6.07, 6.45) is 0.969. The number of carboxylic acid groups (broad SMARTS) is 1. The first-order chi connectivity index (χ1) is 12.4. The molecule has 26 heavy (non-hydrogen) atoms. The van der Waals surface area contributed by atoms with E-state index in [4.69, 9.17) is 4.74 Å². The van der Waals surface area contributed by atoms with Crippen LogP contribution in [-0.4, -0.2) is 65.0 Å². The van der Waals surface area contributed by atoms with Crippen molar-refractivity contribution in [1.82, 2.24) is 9.80 Å². The summed E-state index contributed by atoms with van der Waals surface area (Å²) in [4.78, 5) is 39.9. The standard InChI is InChI=1S/C19H24N2O5/c1-3-26-15-7-5-4-6-13(15)17(23)21-10-8-19(9-11-21)14(18(24)25)12-16(22)20(19)2/h4-7,14H,3,8-12H2,1-2H3,(H,24,25)/t14-/m0/s1. The number of amides is 2. The SMILES string of the molecule is CCOc1ccccc1C(=O)N1CCC2(CC1)[C@H](C(=O)O)CC(=O)N2C. The Hall–Kier alpha value is -2.57. The fourth-order valence-electron chi connectivity index (χ4n) is 4.18. The molecular weight excluding hydrogens is 336 g/mol. The van der Waals surface area contributed by atoms with E-state index in [0.29, 0.717) is 43.9 Å². The number of ether oxygens (including phenoxy) is 1. The molecule has 2 amide bonds. The molecule has 0 unspecified atom stereocenters. The van der Waals surface area contributed by atoms with Crippen LogP contribution >= 0.6 is 0 Å². The molecule has 7 nitrogen and oxygen atoms in total. The van der Waals surface area contributed by atoms with Gasteiger partial charge >= 0.3 is 5.97 Å². The highest BCUT2D eigenvalue weighted by molar-refractivity contribution is 5.97. The van der Waals surface area contributed by atoms with Gasteiger partial charge in [-0.15, -0.1) is 0 Å². The van der Waals surface area contributed by atoms with Crippen molar-refractivity contribution in [2.75, 3.05) is 26.7 Å². The second-order valence-electron chi connectivity index (χ2n) is 6.87. The van der Waals surface area contributed by atoms with E-state index < -0.39 is 17.4 Å². The first kappa shape index (κ1) is 18.2. The van der Waals surface area contributed by atoms with Crippen LogP contribution in [0, 0.1) is 5.92 Å². The Labute approximate surface area is 152 Å². The first-order valence-corrected chi connectivity index (χ1v) is 8.91. The summed E-state index contributed by atoms with van der Waals surface area (Å²) in [6, 6.07) is 7.13. The molecule has 140 valence electrons. The molecule has 0 saturated carbocycles. The second kappa shape index (κ2) is 6.97. The molecule has 1 aromatic rings. The third-order valence-corrected chi connectivity index (χ3v) is 5.70. The van der Waals surface area contributed by atoms with E-state index in [0.717, 1.165) is 0 Å². The largest absolute Gasteiger partial charge is 0.493 e. The molecular formula is C19H24N2O5. The number of benzene rings is 1. The van der Waals surface area contributed by atoms with E-state index in [1.807, 2.05) is 13.0 Å². The van der Waals surface area contributed by atoms with Crippen molar-refractivity contribution in [3.63, 3.8) is 0 Å². The summed E-state index contributed by atoms with van der Waals surface area (Å²) in [6.45, 7) is 3.17. The van der Waals surface area contributed by atoms with Gasteiger partial charge in [-0.2, -0.15) is 0 Å². The zero-order valence-electron chi connectivity index (χ0n) is 15.1. The van der Waals surface area contributed by atoms with Crippen LogP contribution in [0.15, 0.2) is 24.3 Å².